The molecule has 0 aliphatic heterocycles. The monoisotopic (exact) mass is 299 g/mol. The maximum absolute atomic E-state index is 5.81. The zero-order valence-corrected chi connectivity index (χ0v) is 12.3. The minimum absolute atomic E-state index is 0.607. The highest BCUT2D eigenvalue weighted by Gasteiger charge is 2.05. The third-order valence-corrected chi connectivity index (χ3v) is 3.35. The van der Waals surface area contributed by atoms with Crippen molar-refractivity contribution in [3.05, 3.63) is 28.2 Å². The van der Waals surface area contributed by atoms with Crippen LogP contribution in [0.25, 0.3) is 0 Å². The maximum atomic E-state index is 5.81. The van der Waals surface area contributed by atoms with Gasteiger partial charge in [0.15, 0.2) is 0 Å². The van der Waals surface area contributed by atoms with Crippen LogP contribution in [-0.2, 0) is 6.42 Å². The Kier molecular flexibility index (Phi) is 6.60. The first-order valence-electron chi connectivity index (χ1n) is 6.28. The molecule has 0 fully saturated rings. The molecule has 0 aromatic heterocycles. The van der Waals surface area contributed by atoms with Crippen LogP contribution in [0.2, 0.25) is 0 Å². The molecule has 0 saturated carbocycles. The van der Waals surface area contributed by atoms with E-state index in [0.29, 0.717) is 12.5 Å². The lowest BCUT2D eigenvalue weighted by Gasteiger charge is -2.13. The van der Waals surface area contributed by atoms with Gasteiger partial charge < -0.3 is 10.5 Å². The Morgan fingerprint density at radius 3 is 2.76 bits per heavy atom. The first-order chi connectivity index (χ1) is 8.17. The van der Waals surface area contributed by atoms with Gasteiger partial charge in [-0.25, -0.2) is 0 Å². The number of halogens is 1. The van der Waals surface area contributed by atoms with Gasteiger partial charge in [0.25, 0.3) is 0 Å². The minimum Gasteiger partial charge on any atom is -0.492 e. The molecule has 0 heterocycles. The van der Waals surface area contributed by atoms with Crippen molar-refractivity contribution in [3.63, 3.8) is 0 Å². The van der Waals surface area contributed by atoms with Crippen molar-refractivity contribution < 1.29 is 4.74 Å². The molecular formula is C14H22BrNO. The summed E-state index contributed by atoms with van der Waals surface area (Å²) in [4.78, 5) is 0. The highest BCUT2D eigenvalue weighted by Crippen LogP contribution is 2.26. The van der Waals surface area contributed by atoms with Gasteiger partial charge in [-0.2, -0.15) is 0 Å². The Hall–Kier alpha value is -0.540. The molecule has 2 N–H and O–H groups in total. The number of nitrogens with two attached hydrogens (primary N) is 1. The highest BCUT2D eigenvalue weighted by molar-refractivity contribution is 9.10. The van der Waals surface area contributed by atoms with Crippen molar-refractivity contribution in [1.82, 2.24) is 0 Å². The van der Waals surface area contributed by atoms with Crippen LogP contribution in [0.4, 0.5) is 0 Å². The van der Waals surface area contributed by atoms with Crippen LogP contribution in [0.15, 0.2) is 22.7 Å². The van der Waals surface area contributed by atoms with Gasteiger partial charge in [0.05, 0.1) is 11.1 Å². The quantitative estimate of drug-likeness (QED) is 0.832. The summed E-state index contributed by atoms with van der Waals surface area (Å²) in [7, 11) is 0. The van der Waals surface area contributed by atoms with Crippen molar-refractivity contribution in [2.45, 2.75) is 33.1 Å². The van der Waals surface area contributed by atoms with Crippen LogP contribution in [0, 0.1) is 5.92 Å². The van der Waals surface area contributed by atoms with Crippen molar-refractivity contribution >= 4 is 15.9 Å². The van der Waals surface area contributed by atoms with E-state index >= 15 is 0 Å². The summed E-state index contributed by atoms with van der Waals surface area (Å²) in [5.74, 6) is 1.53. The van der Waals surface area contributed by atoms with E-state index in [-0.39, 0.29) is 0 Å². The summed E-state index contributed by atoms with van der Waals surface area (Å²) in [6.07, 6.45) is 3.33. The normalized spacial score (nSPS) is 12.5. The standard InChI is InChI=1S/C14H22BrNO/c1-3-4-11(2)10-17-14-6-5-12(7-8-16)9-13(14)15/h5-6,9,11H,3-4,7-8,10,16H2,1-2H3. The molecule has 0 aliphatic carbocycles. The van der Waals surface area contributed by atoms with Crippen LogP contribution in [0.3, 0.4) is 0 Å². The van der Waals surface area contributed by atoms with Gasteiger partial charge >= 0.3 is 0 Å². The van der Waals surface area contributed by atoms with Gasteiger partial charge in [-0.3, -0.25) is 0 Å². The fraction of sp³-hybridized carbons (Fsp3) is 0.571. The molecule has 1 aromatic rings. The molecule has 0 radical (unpaired) electrons. The van der Waals surface area contributed by atoms with E-state index in [9.17, 15) is 0 Å². The molecule has 3 heteroatoms. The third-order valence-electron chi connectivity index (χ3n) is 2.73. The van der Waals surface area contributed by atoms with Crippen LogP contribution >= 0.6 is 15.9 Å². The Bertz CT molecular complexity index is 341. The highest BCUT2D eigenvalue weighted by atomic mass is 79.9. The predicted molar refractivity (Wildman–Crippen MR) is 76.5 cm³/mol. The Balaban J connectivity index is 2.54. The number of hydrogen-bond donors (Lipinski definition) is 1. The summed E-state index contributed by atoms with van der Waals surface area (Å²) >= 11 is 3.54. The summed E-state index contributed by atoms with van der Waals surface area (Å²) < 4.78 is 6.83. The first kappa shape index (κ1) is 14.5. The average Bonchev–Trinajstić information content (AvgIpc) is 2.29. The molecule has 2 nitrogen and oxygen atoms in total. The van der Waals surface area contributed by atoms with E-state index < -0.39 is 0 Å². The van der Waals surface area contributed by atoms with E-state index in [1.54, 1.807) is 0 Å². The molecule has 0 aliphatic rings. The van der Waals surface area contributed by atoms with E-state index in [0.717, 1.165) is 23.2 Å². The molecule has 96 valence electrons. The van der Waals surface area contributed by atoms with Gasteiger partial charge in [-0.15, -0.1) is 0 Å². The molecule has 0 spiro atoms. The van der Waals surface area contributed by atoms with E-state index in [4.69, 9.17) is 10.5 Å². The lowest BCUT2D eigenvalue weighted by molar-refractivity contribution is 0.250. The Morgan fingerprint density at radius 2 is 2.18 bits per heavy atom. The lowest BCUT2D eigenvalue weighted by atomic mass is 10.1. The van der Waals surface area contributed by atoms with Gasteiger partial charge in [-0.05, 0) is 58.9 Å². The van der Waals surface area contributed by atoms with Crippen molar-refractivity contribution in [3.8, 4) is 5.75 Å². The topological polar surface area (TPSA) is 35.2 Å². The Labute approximate surface area is 113 Å². The average molecular weight is 300 g/mol. The molecular weight excluding hydrogens is 278 g/mol. The molecule has 1 aromatic carbocycles. The molecule has 1 unspecified atom stereocenters. The minimum atomic E-state index is 0.607. The predicted octanol–water partition coefficient (Wildman–Crippen LogP) is 3.77. The largest absolute Gasteiger partial charge is 0.492 e. The number of benzene rings is 1. The van der Waals surface area contributed by atoms with Gasteiger partial charge in [-0.1, -0.05) is 26.3 Å². The van der Waals surface area contributed by atoms with Crippen LogP contribution in [0.5, 0.6) is 5.75 Å². The van der Waals surface area contributed by atoms with Crippen molar-refractivity contribution in [1.29, 1.82) is 0 Å². The molecule has 1 rings (SSSR count). The van der Waals surface area contributed by atoms with Gasteiger partial charge in [0.2, 0.25) is 0 Å². The first-order valence-corrected chi connectivity index (χ1v) is 7.08. The number of ether oxygens (including phenoxy) is 1. The van der Waals surface area contributed by atoms with Crippen LogP contribution < -0.4 is 10.5 Å². The molecule has 17 heavy (non-hydrogen) atoms. The molecule has 0 amide bonds. The van der Waals surface area contributed by atoms with E-state index in [1.807, 2.05) is 6.07 Å². The second-order valence-corrected chi connectivity index (χ2v) is 5.36. The summed E-state index contributed by atoms with van der Waals surface area (Å²) in [6, 6.07) is 6.19. The zero-order chi connectivity index (χ0) is 12.7. The van der Waals surface area contributed by atoms with Crippen molar-refractivity contribution in [2.24, 2.45) is 11.7 Å². The van der Waals surface area contributed by atoms with Crippen LogP contribution in [-0.4, -0.2) is 13.2 Å². The Morgan fingerprint density at radius 1 is 1.41 bits per heavy atom. The van der Waals surface area contributed by atoms with Crippen molar-refractivity contribution in [2.75, 3.05) is 13.2 Å². The summed E-state index contributed by atoms with van der Waals surface area (Å²) in [5.41, 5.74) is 6.78. The fourth-order valence-electron chi connectivity index (χ4n) is 1.79. The van der Waals surface area contributed by atoms with Gasteiger partial charge in [0.1, 0.15) is 5.75 Å². The molecule has 0 bridgehead atoms. The maximum Gasteiger partial charge on any atom is 0.133 e. The van der Waals surface area contributed by atoms with E-state index in [2.05, 4.69) is 41.9 Å². The number of hydrogen-bond acceptors (Lipinski definition) is 2. The number of rotatable bonds is 7. The summed E-state index contributed by atoms with van der Waals surface area (Å²) in [6.45, 7) is 5.89. The fourth-order valence-corrected chi connectivity index (χ4v) is 2.33. The smallest absolute Gasteiger partial charge is 0.133 e. The summed E-state index contributed by atoms with van der Waals surface area (Å²) in [5, 5.41) is 0. The second-order valence-electron chi connectivity index (χ2n) is 4.51. The molecule has 0 saturated heterocycles. The molecule has 1 atom stereocenters. The zero-order valence-electron chi connectivity index (χ0n) is 10.7. The van der Waals surface area contributed by atoms with Crippen LogP contribution in [0.1, 0.15) is 32.3 Å². The SMILES string of the molecule is CCCC(C)COc1ccc(CCN)cc1Br. The van der Waals surface area contributed by atoms with Gasteiger partial charge in [0, 0.05) is 0 Å². The second kappa shape index (κ2) is 7.72. The van der Waals surface area contributed by atoms with E-state index in [1.165, 1.54) is 18.4 Å². The third kappa shape index (κ3) is 5.09. The lowest BCUT2D eigenvalue weighted by Crippen LogP contribution is -2.08.